The molecule has 1 saturated heterocycles. The third kappa shape index (κ3) is 4.37. The maximum atomic E-state index is 13.5. The van der Waals surface area contributed by atoms with Gasteiger partial charge in [0.05, 0.1) is 13.7 Å². The standard InChI is InChI=1S/C27H34N2O5/c1-17-13-19(26(2,3)4)8-11-23(17)34-16-20(30)15-29-24(31)27(28-25(29)32)12-6-7-18-14-21(33-5)9-10-22(18)27/h8-11,13-14,20,30H,6-7,12,15-16H2,1-5H3,(H,28,32). The Morgan fingerprint density at radius 2 is 1.94 bits per heavy atom. The number of fused-ring (bicyclic) bond motifs is 2. The summed E-state index contributed by atoms with van der Waals surface area (Å²) in [6.45, 7) is 8.27. The number of hydrogen-bond acceptors (Lipinski definition) is 5. The number of carbonyl (C=O) groups is 2. The number of amides is 3. The first-order valence-electron chi connectivity index (χ1n) is 11.8. The van der Waals surface area contributed by atoms with Crippen LogP contribution in [0.1, 0.15) is 55.9 Å². The molecular weight excluding hydrogens is 432 g/mol. The van der Waals surface area contributed by atoms with E-state index in [0.29, 0.717) is 12.2 Å². The molecule has 1 aliphatic carbocycles. The van der Waals surface area contributed by atoms with Crippen LogP contribution in [0.25, 0.3) is 0 Å². The van der Waals surface area contributed by atoms with E-state index in [9.17, 15) is 14.7 Å². The first-order chi connectivity index (χ1) is 16.0. The van der Waals surface area contributed by atoms with Crippen LogP contribution in [0.3, 0.4) is 0 Å². The highest BCUT2D eigenvalue weighted by molar-refractivity contribution is 6.07. The van der Waals surface area contributed by atoms with E-state index in [1.807, 2.05) is 37.3 Å². The van der Waals surface area contributed by atoms with Crippen molar-refractivity contribution in [2.24, 2.45) is 0 Å². The lowest BCUT2D eigenvalue weighted by Gasteiger charge is -2.33. The number of imide groups is 1. The van der Waals surface area contributed by atoms with Gasteiger partial charge >= 0.3 is 6.03 Å². The maximum Gasteiger partial charge on any atom is 0.325 e. The van der Waals surface area contributed by atoms with E-state index >= 15 is 0 Å². The van der Waals surface area contributed by atoms with Crippen LogP contribution in [0.15, 0.2) is 36.4 Å². The Bertz CT molecular complexity index is 1110. The largest absolute Gasteiger partial charge is 0.497 e. The minimum atomic E-state index is -1.09. The van der Waals surface area contributed by atoms with E-state index in [-0.39, 0.29) is 24.5 Å². The summed E-state index contributed by atoms with van der Waals surface area (Å²) in [5.41, 5.74) is 2.93. The highest BCUT2D eigenvalue weighted by atomic mass is 16.5. The van der Waals surface area contributed by atoms with E-state index < -0.39 is 17.7 Å². The monoisotopic (exact) mass is 466 g/mol. The zero-order valence-electron chi connectivity index (χ0n) is 20.6. The average molecular weight is 467 g/mol. The molecule has 0 bridgehead atoms. The number of aliphatic hydroxyl groups is 1. The van der Waals surface area contributed by atoms with Gasteiger partial charge in [0.2, 0.25) is 0 Å². The van der Waals surface area contributed by atoms with Crippen molar-refractivity contribution in [2.45, 2.75) is 64.0 Å². The summed E-state index contributed by atoms with van der Waals surface area (Å²) in [7, 11) is 1.61. The van der Waals surface area contributed by atoms with Crippen molar-refractivity contribution in [3.05, 3.63) is 58.7 Å². The van der Waals surface area contributed by atoms with Gasteiger partial charge in [-0.15, -0.1) is 0 Å². The predicted molar refractivity (Wildman–Crippen MR) is 129 cm³/mol. The Morgan fingerprint density at radius 1 is 1.18 bits per heavy atom. The number of rotatable bonds is 6. The molecule has 0 saturated carbocycles. The average Bonchev–Trinajstić information content (AvgIpc) is 3.02. The van der Waals surface area contributed by atoms with Crippen molar-refractivity contribution < 1.29 is 24.2 Å². The van der Waals surface area contributed by atoms with Crippen LogP contribution in [-0.4, -0.2) is 48.3 Å². The molecule has 0 aromatic heterocycles. The van der Waals surface area contributed by atoms with E-state index in [0.717, 1.165) is 40.2 Å². The number of β-amino-alcohol motifs (C(OH)–C–C–N with tert-alkyl or cyclic N) is 1. The predicted octanol–water partition coefficient (Wildman–Crippen LogP) is 3.82. The van der Waals surface area contributed by atoms with Crippen LogP contribution >= 0.6 is 0 Å². The topological polar surface area (TPSA) is 88.1 Å². The van der Waals surface area contributed by atoms with Gasteiger partial charge in [-0.3, -0.25) is 9.69 Å². The molecule has 34 heavy (non-hydrogen) atoms. The highest BCUT2D eigenvalue weighted by Crippen LogP contribution is 2.41. The summed E-state index contributed by atoms with van der Waals surface area (Å²) < 4.78 is 11.2. The zero-order valence-corrected chi connectivity index (χ0v) is 20.6. The quantitative estimate of drug-likeness (QED) is 0.632. The first kappa shape index (κ1) is 24.1. The summed E-state index contributed by atoms with van der Waals surface area (Å²) in [5, 5.41) is 13.5. The lowest BCUT2D eigenvalue weighted by molar-refractivity contribution is -0.133. The summed E-state index contributed by atoms with van der Waals surface area (Å²) in [6, 6.07) is 11.1. The molecule has 3 amide bonds. The molecule has 182 valence electrons. The number of hydrogen-bond donors (Lipinski definition) is 2. The molecule has 1 spiro atoms. The first-order valence-corrected chi connectivity index (χ1v) is 11.8. The number of aryl methyl sites for hydroxylation is 2. The van der Waals surface area contributed by atoms with Crippen molar-refractivity contribution in [3.63, 3.8) is 0 Å². The second kappa shape index (κ2) is 8.95. The number of carbonyl (C=O) groups excluding carboxylic acids is 2. The van der Waals surface area contributed by atoms with E-state index in [1.54, 1.807) is 7.11 Å². The molecular formula is C27H34N2O5. The van der Waals surface area contributed by atoms with Gasteiger partial charge in [0.25, 0.3) is 5.91 Å². The molecule has 2 unspecified atom stereocenters. The fraction of sp³-hybridized carbons (Fsp3) is 0.481. The van der Waals surface area contributed by atoms with Gasteiger partial charge in [-0.05, 0) is 72.1 Å². The molecule has 2 aromatic carbocycles. The Hall–Kier alpha value is -3.06. The van der Waals surface area contributed by atoms with E-state index in [2.05, 4.69) is 32.2 Å². The second-order valence-electron chi connectivity index (χ2n) is 10.3. The van der Waals surface area contributed by atoms with Crippen LogP contribution in [-0.2, 0) is 22.2 Å². The molecule has 0 radical (unpaired) electrons. The van der Waals surface area contributed by atoms with Gasteiger partial charge in [-0.25, -0.2) is 4.79 Å². The van der Waals surface area contributed by atoms with Crippen LogP contribution in [0.2, 0.25) is 0 Å². The van der Waals surface area contributed by atoms with E-state index in [4.69, 9.17) is 9.47 Å². The molecule has 7 heteroatoms. The zero-order chi connectivity index (χ0) is 24.7. The molecule has 1 heterocycles. The summed E-state index contributed by atoms with van der Waals surface area (Å²) >= 11 is 0. The van der Waals surface area contributed by atoms with E-state index in [1.165, 1.54) is 5.56 Å². The van der Waals surface area contributed by atoms with Gasteiger partial charge in [0, 0.05) is 0 Å². The molecule has 1 aliphatic heterocycles. The Morgan fingerprint density at radius 3 is 2.62 bits per heavy atom. The van der Waals surface area contributed by atoms with Crippen molar-refractivity contribution in [3.8, 4) is 11.5 Å². The number of nitrogens with zero attached hydrogens (tertiary/aromatic N) is 1. The Labute approximate surface area is 201 Å². The number of methoxy groups -OCH3 is 1. The van der Waals surface area contributed by atoms with Crippen LogP contribution in [0.5, 0.6) is 11.5 Å². The fourth-order valence-electron chi connectivity index (χ4n) is 4.87. The number of urea groups is 1. The third-order valence-corrected chi connectivity index (χ3v) is 6.81. The lowest BCUT2D eigenvalue weighted by atomic mass is 9.76. The minimum Gasteiger partial charge on any atom is -0.497 e. The minimum absolute atomic E-state index is 0.0203. The lowest BCUT2D eigenvalue weighted by Crippen LogP contribution is -2.47. The van der Waals surface area contributed by atoms with Crippen molar-refractivity contribution in [1.82, 2.24) is 10.2 Å². The third-order valence-electron chi connectivity index (χ3n) is 6.81. The molecule has 2 aromatic rings. The number of aliphatic hydroxyl groups excluding tert-OH is 1. The molecule has 1 fully saturated rings. The molecule has 7 nitrogen and oxygen atoms in total. The summed E-state index contributed by atoms with van der Waals surface area (Å²) in [5.74, 6) is 1.08. The highest BCUT2D eigenvalue weighted by Gasteiger charge is 2.54. The summed E-state index contributed by atoms with van der Waals surface area (Å²) in [6.07, 6.45) is 1.11. The SMILES string of the molecule is COc1ccc2c(c1)CCCC21NC(=O)N(CC(O)COc2ccc(C(C)(C)C)cc2C)C1=O. The molecule has 4 rings (SSSR count). The number of benzene rings is 2. The summed E-state index contributed by atoms with van der Waals surface area (Å²) in [4.78, 5) is 27.4. The van der Waals surface area contributed by atoms with Crippen molar-refractivity contribution in [1.29, 1.82) is 0 Å². The maximum absolute atomic E-state index is 13.5. The van der Waals surface area contributed by atoms with Gasteiger partial charge < -0.3 is 19.9 Å². The second-order valence-corrected chi connectivity index (χ2v) is 10.3. The normalized spacial score (nSPS) is 20.8. The Kier molecular flexibility index (Phi) is 6.34. The number of ether oxygens (including phenoxy) is 2. The Balaban J connectivity index is 1.45. The molecule has 2 N–H and O–H groups in total. The number of nitrogens with one attached hydrogen (secondary N) is 1. The molecule has 2 aliphatic rings. The van der Waals surface area contributed by atoms with Crippen molar-refractivity contribution in [2.75, 3.05) is 20.3 Å². The molecule has 2 atom stereocenters. The van der Waals surface area contributed by atoms with Gasteiger partial charge in [-0.2, -0.15) is 0 Å². The van der Waals surface area contributed by atoms with Crippen molar-refractivity contribution >= 4 is 11.9 Å². The van der Waals surface area contributed by atoms with Crippen LogP contribution < -0.4 is 14.8 Å². The van der Waals surface area contributed by atoms with Gasteiger partial charge in [-0.1, -0.05) is 39.0 Å². The van der Waals surface area contributed by atoms with Gasteiger partial charge in [0.15, 0.2) is 0 Å². The fourth-order valence-corrected chi connectivity index (χ4v) is 4.87. The smallest absolute Gasteiger partial charge is 0.325 e. The van der Waals surface area contributed by atoms with Gasteiger partial charge in [0.1, 0.15) is 29.7 Å². The van der Waals surface area contributed by atoms with Crippen LogP contribution in [0.4, 0.5) is 4.79 Å². The van der Waals surface area contributed by atoms with Crippen LogP contribution in [0, 0.1) is 6.92 Å².